The van der Waals surface area contributed by atoms with E-state index in [1.807, 2.05) is 66.7 Å². The summed E-state index contributed by atoms with van der Waals surface area (Å²) >= 11 is 3.52. The largest absolute Gasteiger partial charge is 0.348 e. The van der Waals surface area contributed by atoms with Gasteiger partial charge in [0.25, 0.3) is 0 Å². The second kappa shape index (κ2) is 8.29. The molecule has 0 saturated carbocycles. The van der Waals surface area contributed by atoms with Crippen molar-refractivity contribution in [2.75, 3.05) is 0 Å². The number of hydrogen-bond donors (Lipinski definition) is 2. The van der Waals surface area contributed by atoms with Crippen molar-refractivity contribution in [2.45, 2.75) is 30.0 Å². The molecule has 3 heterocycles. The molecule has 0 bridgehead atoms. The zero-order valence-corrected chi connectivity index (χ0v) is 21.1. The van der Waals surface area contributed by atoms with Gasteiger partial charge in [-0.05, 0) is 35.4 Å². The lowest BCUT2D eigenvalue weighted by atomic mass is 9.73. The summed E-state index contributed by atoms with van der Waals surface area (Å²) in [5, 5.41) is 16.6. The molecule has 1 spiro atoms. The van der Waals surface area contributed by atoms with Gasteiger partial charge in [0.2, 0.25) is 6.04 Å². The number of nitro groups is 1. The van der Waals surface area contributed by atoms with E-state index in [0.717, 1.165) is 49.3 Å². The average molecular weight is 553 g/mol. The van der Waals surface area contributed by atoms with Gasteiger partial charge in [-0.2, -0.15) is 0 Å². The van der Waals surface area contributed by atoms with Crippen LogP contribution in [0.4, 0.5) is 0 Å². The number of rotatable bonds is 4. The van der Waals surface area contributed by atoms with Crippen LogP contribution in [0.5, 0.6) is 0 Å². The molecule has 1 saturated heterocycles. The fourth-order valence-electron chi connectivity index (χ4n) is 6.23. The van der Waals surface area contributed by atoms with E-state index in [4.69, 9.17) is 9.97 Å². The van der Waals surface area contributed by atoms with E-state index in [9.17, 15) is 10.1 Å². The van der Waals surface area contributed by atoms with E-state index >= 15 is 0 Å². The maximum absolute atomic E-state index is 12.9. The number of aromatic amines is 1. The number of halogens is 1. The molecule has 4 atom stereocenters. The number of fused-ring (bicyclic) bond motifs is 6. The predicted octanol–water partition coefficient (Wildman–Crippen LogP) is 4.98. The molecule has 1 aliphatic carbocycles. The van der Waals surface area contributed by atoms with Crippen LogP contribution in [0.3, 0.4) is 0 Å². The molecule has 4 unspecified atom stereocenters. The van der Waals surface area contributed by atoms with Gasteiger partial charge >= 0.3 is 0 Å². The molecule has 0 radical (unpaired) electrons. The molecule has 8 nitrogen and oxygen atoms in total. The summed E-state index contributed by atoms with van der Waals surface area (Å²) in [7, 11) is 0. The van der Waals surface area contributed by atoms with Crippen molar-refractivity contribution >= 4 is 27.0 Å². The summed E-state index contributed by atoms with van der Waals surface area (Å²) in [4.78, 5) is 30.2. The van der Waals surface area contributed by atoms with Crippen LogP contribution in [0.15, 0.2) is 89.8 Å². The van der Waals surface area contributed by atoms with Crippen LogP contribution in [-0.2, 0) is 12.0 Å². The molecule has 9 heteroatoms. The topological polar surface area (TPSA) is 110 Å². The van der Waals surface area contributed by atoms with Gasteiger partial charge in [0, 0.05) is 33.3 Å². The first-order chi connectivity index (χ1) is 18.1. The molecule has 0 amide bonds. The van der Waals surface area contributed by atoms with Crippen molar-refractivity contribution in [1.29, 1.82) is 0 Å². The maximum atomic E-state index is 12.9. The molecule has 182 valence electrons. The lowest BCUT2D eigenvalue weighted by Crippen LogP contribution is -2.44. The van der Waals surface area contributed by atoms with E-state index in [1.54, 1.807) is 12.5 Å². The first-order valence-corrected chi connectivity index (χ1v) is 12.9. The van der Waals surface area contributed by atoms with Gasteiger partial charge in [-0.15, -0.1) is 0 Å². The predicted molar refractivity (Wildman–Crippen MR) is 143 cm³/mol. The second-order valence-electron chi connectivity index (χ2n) is 9.60. The monoisotopic (exact) mass is 552 g/mol. The third-order valence-corrected chi connectivity index (χ3v) is 8.18. The van der Waals surface area contributed by atoms with E-state index in [-0.39, 0.29) is 4.92 Å². The Morgan fingerprint density at radius 3 is 2.43 bits per heavy atom. The number of benzene rings is 3. The Labute approximate surface area is 220 Å². The summed E-state index contributed by atoms with van der Waals surface area (Å²) in [5.41, 5.74) is 5.77. The highest BCUT2D eigenvalue weighted by Gasteiger charge is 2.65. The first-order valence-electron chi connectivity index (χ1n) is 12.1. The average Bonchev–Trinajstić information content (AvgIpc) is 3.61. The third-order valence-electron chi connectivity index (χ3n) is 7.65. The van der Waals surface area contributed by atoms with Crippen molar-refractivity contribution in [1.82, 2.24) is 25.3 Å². The number of para-hydroxylation sites is 2. The highest BCUT2D eigenvalue weighted by Crippen LogP contribution is 2.58. The van der Waals surface area contributed by atoms with Crippen LogP contribution in [-0.4, -0.2) is 36.9 Å². The zero-order valence-electron chi connectivity index (χ0n) is 19.5. The van der Waals surface area contributed by atoms with Gasteiger partial charge in [0.1, 0.15) is 5.54 Å². The summed E-state index contributed by atoms with van der Waals surface area (Å²) in [5.74, 6) is -0.526. The van der Waals surface area contributed by atoms with Gasteiger partial charge in [0.15, 0.2) is 0 Å². The van der Waals surface area contributed by atoms with Crippen LogP contribution >= 0.6 is 15.9 Å². The van der Waals surface area contributed by atoms with Gasteiger partial charge in [-0.3, -0.25) is 15.4 Å². The van der Waals surface area contributed by atoms with Crippen molar-refractivity contribution in [3.63, 3.8) is 0 Å². The second-order valence-corrected chi connectivity index (χ2v) is 10.5. The number of imidazole rings is 1. The van der Waals surface area contributed by atoms with Crippen molar-refractivity contribution in [2.24, 2.45) is 0 Å². The number of H-pyrrole nitrogens is 1. The van der Waals surface area contributed by atoms with E-state index < -0.39 is 23.5 Å². The van der Waals surface area contributed by atoms with Crippen LogP contribution < -0.4 is 5.32 Å². The molecule has 2 aromatic heterocycles. The van der Waals surface area contributed by atoms with Crippen LogP contribution in [0.1, 0.15) is 28.4 Å². The summed E-state index contributed by atoms with van der Waals surface area (Å²) in [6.07, 6.45) is 3.76. The minimum absolute atomic E-state index is 0.134. The fraction of sp³-hybridized carbons (Fsp3) is 0.179. The molecule has 37 heavy (non-hydrogen) atoms. The number of nitrogens with zero attached hydrogens (tertiary/aromatic N) is 4. The van der Waals surface area contributed by atoms with Crippen LogP contribution in [0, 0.1) is 10.1 Å². The fourth-order valence-corrected chi connectivity index (χ4v) is 6.50. The lowest BCUT2D eigenvalue weighted by Gasteiger charge is -2.33. The quantitative estimate of drug-likeness (QED) is 0.240. The summed E-state index contributed by atoms with van der Waals surface area (Å²) in [6, 6.07) is 22.3. The molecular weight excluding hydrogens is 532 g/mol. The zero-order chi connectivity index (χ0) is 25.1. The highest BCUT2D eigenvalue weighted by molar-refractivity contribution is 9.10. The Morgan fingerprint density at radius 2 is 1.70 bits per heavy atom. The Morgan fingerprint density at radius 1 is 0.973 bits per heavy atom. The Kier molecular flexibility index (Phi) is 4.99. The van der Waals surface area contributed by atoms with Crippen molar-refractivity contribution in [3.05, 3.63) is 122 Å². The van der Waals surface area contributed by atoms with Crippen LogP contribution in [0.25, 0.3) is 22.3 Å². The number of aromatic nitrogens is 4. The Bertz CT molecular complexity index is 1660. The molecule has 3 aromatic carbocycles. The van der Waals surface area contributed by atoms with E-state index in [0.29, 0.717) is 6.42 Å². The third kappa shape index (κ3) is 3.27. The number of nitrogens with one attached hydrogen (secondary N) is 2. The van der Waals surface area contributed by atoms with Gasteiger partial charge in [-0.1, -0.05) is 64.5 Å². The van der Waals surface area contributed by atoms with Gasteiger partial charge < -0.3 is 4.98 Å². The first kappa shape index (κ1) is 22.3. The Balaban J connectivity index is 1.54. The van der Waals surface area contributed by atoms with Crippen LogP contribution in [0.2, 0.25) is 0 Å². The molecule has 2 aliphatic rings. The summed E-state index contributed by atoms with van der Waals surface area (Å²) < 4.78 is 0.918. The van der Waals surface area contributed by atoms with Crippen molar-refractivity contribution < 1.29 is 4.92 Å². The molecule has 2 N–H and O–H groups in total. The molecule has 1 fully saturated rings. The minimum Gasteiger partial charge on any atom is -0.348 e. The highest BCUT2D eigenvalue weighted by atomic mass is 79.9. The van der Waals surface area contributed by atoms with Gasteiger partial charge in [-0.25, -0.2) is 15.0 Å². The molecule has 5 aromatic rings. The normalized spacial score (nSPS) is 23.9. The lowest BCUT2D eigenvalue weighted by molar-refractivity contribution is -0.527. The smallest absolute Gasteiger partial charge is 0.237 e. The standard InChI is InChI=1S/C28H21BrN6O2/c29-17-11-9-16(10-12-17)24-26(35(36)37)23(13-18-14-30-15-31-18)34-28(24)20-6-2-1-5-19(20)25-27(28)33-22-8-4-3-7-21(22)32-25/h1-12,14-15,23-24,26,34H,13H2,(H,30,31). The molecule has 7 rings (SSSR count). The maximum Gasteiger partial charge on any atom is 0.237 e. The molecule has 1 aliphatic heterocycles. The molecular formula is C28H21BrN6O2. The Hall–Kier alpha value is -3.95. The van der Waals surface area contributed by atoms with Crippen molar-refractivity contribution in [3.8, 4) is 11.3 Å². The SMILES string of the molecule is O=[N+]([O-])C1C(Cc2cnc[nH]2)NC2(c3ccccc3-c3nc4ccccc4nc32)C1c1ccc(Br)cc1. The number of hydrogen-bond acceptors (Lipinski definition) is 6. The van der Waals surface area contributed by atoms with E-state index in [1.165, 1.54) is 0 Å². The minimum atomic E-state index is -0.931. The summed E-state index contributed by atoms with van der Waals surface area (Å²) in [6.45, 7) is 0. The van der Waals surface area contributed by atoms with Gasteiger partial charge in [0.05, 0.1) is 40.7 Å². The van der Waals surface area contributed by atoms with E-state index in [2.05, 4.69) is 37.3 Å².